The van der Waals surface area contributed by atoms with Crippen molar-refractivity contribution in [1.29, 1.82) is 0 Å². The molecule has 0 aromatic carbocycles. The summed E-state index contributed by atoms with van der Waals surface area (Å²) in [7, 11) is 3.05. The third-order valence-corrected chi connectivity index (χ3v) is 7.12. The first-order valence-corrected chi connectivity index (χ1v) is 12.8. The smallest absolute Gasteiger partial charge is 0.331 e. The van der Waals surface area contributed by atoms with Crippen LogP contribution >= 0.6 is 0 Å². The second kappa shape index (κ2) is 14.2. The van der Waals surface area contributed by atoms with Crippen molar-refractivity contribution in [2.45, 2.75) is 84.0 Å². The first-order valence-electron chi connectivity index (χ1n) is 12.8. The lowest BCUT2D eigenvalue weighted by Gasteiger charge is -2.28. The van der Waals surface area contributed by atoms with E-state index in [1.165, 1.54) is 13.1 Å². The molecule has 1 fully saturated rings. The number of likely N-dealkylation sites (tertiary alicyclic amines) is 1. The van der Waals surface area contributed by atoms with E-state index < -0.39 is 30.2 Å². The van der Waals surface area contributed by atoms with Crippen molar-refractivity contribution in [3.63, 3.8) is 0 Å². The minimum atomic E-state index is -0.804. The minimum Gasteiger partial charge on any atom is -0.454 e. The molecule has 1 N–H and O–H groups in total. The number of ketones is 1. The molecule has 1 unspecified atom stereocenters. The van der Waals surface area contributed by atoms with Crippen molar-refractivity contribution >= 4 is 23.6 Å². The predicted octanol–water partition coefficient (Wildman–Crippen LogP) is 3.53. The van der Waals surface area contributed by atoms with Gasteiger partial charge < -0.3 is 14.6 Å². The highest BCUT2D eigenvalue weighted by molar-refractivity contribution is 5.97. The molecule has 0 aromatic heterocycles. The van der Waals surface area contributed by atoms with Gasteiger partial charge in [-0.25, -0.2) is 4.79 Å². The molecular weight excluding hydrogens is 462 g/mol. The van der Waals surface area contributed by atoms with Crippen LogP contribution in [0.4, 0.5) is 0 Å². The molecule has 0 aliphatic carbocycles. The van der Waals surface area contributed by atoms with Crippen LogP contribution in [0, 0.1) is 17.8 Å². The third-order valence-electron chi connectivity index (χ3n) is 7.12. The molecule has 2 heterocycles. The maximum absolute atomic E-state index is 13.1. The summed E-state index contributed by atoms with van der Waals surface area (Å²) in [6.07, 6.45) is 10.0. The molecule has 0 spiro atoms. The van der Waals surface area contributed by atoms with E-state index in [1.807, 2.05) is 25.2 Å². The lowest BCUT2D eigenvalue weighted by Crippen LogP contribution is -2.40. The number of Topliss-reactive ketones (excluding diaryl/α,β-unsaturated/α-hetero) is 1. The highest BCUT2D eigenvalue weighted by atomic mass is 16.5. The molecule has 2 aliphatic heterocycles. The van der Waals surface area contributed by atoms with E-state index in [9.17, 15) is 24.3 Å². The Morgan fingerprint density at radius 2 is 1.83 bits per heavy atom. The first-order chi connectivity index (χ1) is 17.0. The van der Waals surface area contributed by atoms with E-state index in [-0.39, 0.29) is 35.9 Å². The summed E-state index contributed by atoms with van der Waals surface area (Å²) >= 11 is 0. The molecule has 0 bridgehead atoms. The van der Waals surface area contributed by atoms with E-state index in [0.717, 1.165) is 4.90 Å². The summed E-state index contributed by atoms with van der Waals surface area (Å²) < 4.78 is 11.2. The fourth-order valence-corrected chi connectivity index (χ4v) is 4.74. The van der Waals surface area contributed by atoms with Gasteiger partial charge in [-0.1, -0.05) is 38.2 Å². The van der Waals surface area contributed by atoms with Gasteiger partial charge in [-0.15, -0.1) is 0 Å². The van der Waals surface area contributed by atoms with Crippen molar-refractivity contribution in [2.75, 3.05) is 14.2 Å². The number of aliphatic hydroxyl groups is 1. The highest BCUT2D eigenvalue weighted by Gasteiger charge is 2.32. The van der Waals surface area contributed by atoms with Crippen LogP contribution in [0.25, 0.3) is 0 Å². The van der Waals surface area contributed by atoms with Gasteiger partial charge in [0.2, 0.25) is 11.8 Å². The molecule has 1 saturated heterocycles. The SMILES string of the molecule is CO[C@H]1/C=C/CC/C=C/C(=O)OC([C@H](C)C(=O)CCCC2CC(=O)N(C)C(=O)C2)/C(C)=C\[C@@H](C)[C@@H]1O. The molecule has 0 saturated carbocycles. The Hall–Kier alpha value is -2.58. The maximum Gasteiger partial charge on any atom is 0.331 e. The van der Waals surface area contributed by atoms with Crippen molar-refractivity contribution in [1.82, 2.24) is 4.90 Å². The van der Waals surface area contributed by atoms with Gasteiger partial charge in [0.05, 0.1) is 12.0 Å². The molecule has 8 heteroatoms. The number of methoxy groups -OCH3 is 1. The number of imide groups is 1. The van der Waals surface area contributed by atoms with Crippen molar-refractivity contribution in [3.05, 3.63) is 36.0 Å². The topological polar surface area (TPSA) is 110 Å². The normalized spacial score (nSPS) is 31.1. The van der Waals surface area contributed by atoms with E-state index in [0.29, 0.717) is 44.1 Å². The monoisotopic (exact) mass is 503 g/mol. The average molecular weight is 504 g/mol. The molecule has 0 radical (unpaired) electrons. The Bertz CT molecular complexity index is 872. The van der Waals surface area contributed by atoms with E-state index in [4.69, 9.17) is 9.47 Å². The number of carbonyl (C=O) groups is 4. The largest absolute Gasteiger partial charge is 0.454 e. The van der Waals surface area contributed by atoms with Crippen LogP contribution in [-0.4, -0.2) is 66.0 Å². The first kappa shape index (κ1) is 29.6. The number of cyclic esters (lactones) is 1. The zero-order valence-corrected chi connectivity index (χ0v) is 22.1. The lowest BCUT2D eigenvalue weighted by molar-refractivity contribution is -0.148. The number of piperidine rings is 1. The highest BCUT2D eigenvalue weighted by Crippen LogP contribution is 2.27. The summed E-state index contributed by atoms with van der Waals surface area (Å²) in [6.45, 7) is 5.40. The van der Waals surface area contributed by atoms with Crippen molar-refractivity contribution < 1.29 is 33.8 Å². The fraction of sp³-hybridized carbons (Fsp3) is 0.643. The lowest BCUT2D eigenvalue weighted by atomic mass is 9.86. The number of aliphatic hydroxyl groups excluding tert-OH is 1. The molecule has 2 rings (SSSR count). The van der Waals surface area contributed by atoms with Gasteiger partial charge in [0.15, 0.2) is 0 Å². The standard InChI is InChI=1S/C28H41NO7/c1-18-15-19(2)28(36-26(33)14-9-7-6-8-13-23(35-5)27(18)34)20(3)22(30)12-10-11-21-16-24(31)29(4)25(32)17-21/h8-9,13-15,18,20-21,23,27-28,34H,6-7,10-12,16-17H2,1-5H3/b13-8+,14-9+,19-15-/t18-,20-,23+,27+,28?/m1/s1. The van der Waals surface area contributed by atoms with Gasteiger partial charge in [0.1, 0.15) is 18.0 Å². The Balaban J connectivity index is 2.11. The van der Waals surface area contributed by atoms with E-state index in [1.54, 1.807) is 27.0 Å². The summed E-state index contributed by atoms with van der Waals surface area (Å²) in [6, 6.07) is 0. The van der Waals surface area contributed by atoms with Crippen LogP contribution in [0.15, 0.2) is 36.0 Å². The number of hydrogen-bond donors (Lipinski definition) is 1. The number of hydrogen-bond acceptors (Lipinski definition) is 7. The van der Waals surface area contributed by atoms with Crippen LogP contribution < -0.4 is 0 Å². The molecule has 5 atom stereocenters. The van der Waals surface area contributed by atoms with Crippen LogP contribution in [0.3, 0.4) is 0 Å². The number of esters is 1. The Morgan fingerprint density at radius 3 is 2.47 bits per heavy atom. The summed E-state index contributed by atoms with van der Waals surface area (Å²) in [5.74, 6) is -1.87. The number of rotatable bonds is 7. The Labute approximate surface area is 214 Å². The number of carbonyl (C=O) groups excluding carboxylic acids is 4. The molecule has 0 aromatic rings. The maximum atomic E-state index is 13.1. The summed E-state index contributed by atoms with van der Waals surface area (Å²) in [4.78, 5) is 50.6. The quantitative estimate of drug-likeness (QED) is 0.321. The zero-order chi connectivity index (χ0) is 26.8. The second-order valence-corrected chi connectivity index (χ2v) is 9.99. The molecular formula is C28H41NO7. The average Bonchev–Trinajstić information content (AvgIpc) is 2.83. The number of amides is 2. The van der Waals surface area contributed by atoms with Gasteiger partial charge in [-0.05, 0) is 44.1 Å². The van der Waals surface area contributed by atoms with Crippen LogP contribution in [-0.2, 0) is 28.7 Å². The number of allylic oxidation sites excluding steroid dienone is 2. The summed E-state index contributed by atoms with van der Waals surface area (Å²) in [5, 5.41) is 10.8. The van der Waals surface area contributed by atoms with E-state index in [2.05, 4.69) is 0 Å². The summed E-state index contributed by atoms with van der Waals surface area (Å²) in [5.41, 5.74) is 0.687. The third kappa shape index (κ3) is 8.52. The van der Waals surface area contributed by atoms with Gasteiger partial charge in [-0.3, -0.25) is 19.3 Å². The van der Waals surface area contributed by atoms with Gasteiger partial charge in [0, 0.05) is 45.4 Å². The van der Waals surface area contributed by atoms with E-state index >= 15 is 0 Å². The Kier molecular flexibility index (Phi) is 11.7. The second-order valence-electron chi connectivity index (χ2n) is 9.99. The minimum absolute atomic E-state index is 0.0478. The molecule has 2 amide bonds. The zero-order valence-electron chi connectivity index (χ0n) is 22.1. The van der Waals surface area contributed by atoms with Crippen LogP contribution in [0.1, 0.15) is 65.7 Å². The molecule has 200 valence electrons. The van der Waals surface area contributed by atoms with Gasteiger partial charge >= 0.3 is 5.97 Å². The van der Waals surface area contributed by atoms with Gasteiger partial charge in [-0.2, -0.15) is 0 Å². The molecule has 8 nitrogen and oxygen atoms in total. The predicted molar refractivity (Wildman–Crippen MR) is 136 cm³/mol. The number of ether oxygens (including phenoxy) is 2. The van der Waals surface area contributed by atoms with Crippen molar-refractivity contribution in [2.24, 2.45) is 17.8 Å². The number of nitrogens with zero attached hydrogens (tertiary/aromatic N) is 1. The van der Waals surface area contributed by atoms with Crippen molar-refractivity contribution in [3.8, 4) is 0 Å². The molecule has 36 heavy (non-hydrogen) atoms. The van der Waals surface area contributed by atoms with Crippen LogP contribution in [0.5, 0.6) is 0 Å². The fourth-order valence-electron chi connectivity index (χ4n) is 4.74. The Morgan fingerprint density at radius 1 is 1.19 bits per heavy atom. The van der Waals surface area contributed by atoms with Gasteiger partial charge in [0.25, 0.3) is 0 Å². The molecule has 2 aliphatic rings. The van der Waals surface area contributed by atoms with Crippen LogP contribution in [0.2, 0.25) is 0 Å².